The van der Waals surface area contributed by atoms with Crippen LogP contribution in [-0.4, -0.2) is 5.78 Å². The highest BCUT2D eigenvalue weighted by molar-refractivity contribution is 5.97. The predicted octanol–water partition coefficient (Wildman–Crippen LogP) is 4.09. The molecule has 2 rings (SSSR count). The number of aryl methyl sites for hydroxylation is 1. The van der Waals surface area contributed by atoms with E-state index in [0.29, 0.717) is 0 Å². The van der Waals surface area contributed by atoms with E-state index in [2.05, 4.69) is 0 Å². The van der Waals surface area contributed by atoms with Crippen LogP contribution in [0.25, 0.3) is 0 Å². The molecule has 0 N–H and O–H groups in total. The molecule has 4 heteroatoms. The summed E-state index contributed by atoms with van der Waals surface area (Å²) in [6.45, 7) is 2.02. The van der Waals surface area contributed by atoms with Crippen molar-refractivity contribution in [1.29, 1.82) is 0 Å². The topological polar surface area (TPSA) is 17.1 Å². The molecule has 0 bridgehead atoms. The molecule has 104 valence electrons. The van der Waals surface area contributed by atoms with Crippen molar-refractivity contribution in [1.82, 2.24) is 0 Å². The van der Waals surface area contributed by atoms with Crippen molar-refractivity contribution >= 4 is 5.78 Å². The van der Waals surface area contributed by atoms with Gasteiger partial charge in [-0.15, -0.1) is 0 Å². The zero-order valence-electron chi connectivity index (χ0n) is 10.9. The molecule has 0 fully saturated rings. The lowest BCUT2D eigenvalue weighted by molar-refractivity contribution is 0.0992. The van der Waals surface area contributed by atoms with Crippen LogP contribution in [0.5, 0.6) is 0 Å². The summed E-state index contributed by atoms with van der Waals surface area (Å²) in [5.41, 5.74) is 1.72. The predicted molar refractivity (Wildman–Crippen MR) is 70.2 cm³/mol. The van der Waals surface area contributed by atoms with Gasteiger partial charge in [-0.1, -0.05) is 31.2 Å². The van der Waals surface area contributed by atoms with Crippen LogP contribution in [0, 0.1) is 17.5 Å². The highest BCUT2D eigenvalue weighted by atomic mass is 19.2. The molecule has 0 aliphatic rings. The lowest BCUT2D eigenvalue weighted by Gasteiger charge is -2.04. The molecule has 0 atom stereocenters. The van der Waals surface area contributed by atoms with Gasteiger partial charge in [0.25, 0.3) is 0 Å². The molecular formula is C16H13F3O. The van der Waals surface area contributed by atoms with Crippen molar-refractivity contribution in [2.45, 2.75) is 19.8 Å². The maximum Gasteiger partial charge on any atom is 0.194 e. The number of rotatable bonds is 4. The number of carbonyl (C=O) groups is 1. The molecule has 0 heterocycles. The molecule has 0 amide bonds. The van der Waals surface area contributed by atoms with Crippen LogP contribution in [0.2, 0.25) is 0 Å². The molecule has 2 aromatic carbocycles. The Balaban J connectivity index is 2.19. The Morgan fingerprint density at radius 2 is 1.45 bits per heavy atom. The third-order valence-electron chi connectivity index (χ3n) is 3.10. The second kappa shape index (κ2) is 5.90. The van der Waals surface area contributed by atoms with Gasteiger partial charge in [-0.05, 0) is 29.7 Å². The fourth-order valence-corrected chi connectivity index (χ4v) is 1.90. The smallest absolute Gasteiger partial charge is 0.194 e. The summed E-state index contributed by atoms with van der Waals surface area (Å²) < 4.78 is 39.0. The number of carbonyl (C=O) groups excluding carboxylic acids is 1. The van der Waals surface area contributed by atoms with Gasteiger partial charge in [0.05, 0.1) is 0 Å². The third kappa shape index (κ3) is 3.07. The fourth-order valence-electron chi connectivity index (χ4n) is 1.90. The molecular weight excluding hydrogens is 265 g/mol. The van der Waals surface area contributed by atoms with Crippen molar-refractivity contribution in [3.05, 3.63) is 70.5 Å². The molecule has 0 unspecified atom stereocenters. The molecule has 0 saturated carbocycles. The molecule has 0 aliphatic carbocycles. The Kier molecular flexibility index (Phi) is 4.23. The van der Waals surface area contributed by atoms with Gasteiger partial charge < -0.3 is 0 Å². The Morgan fingerprint density at radius 1 is 0.950 bits per heavy atom. The van der Waals surface area contributed by atoms with E-state index in [4.69, 9.17) is 0 Å². The van der Waals surface area contributed by atoms with Crippen molar-refractivity contribution in [3.8, 4) is 0 Å². The highest BCUT2D eigenvalue weighted by Crippen LogP contribution is 2.16. The number of hydrogen-bond donors (Lipinski definition) is 0. The molecule has 0 aliphatic heterocycles. The number of ketones is 1. The van der Waals surface area contributed by atoms with Crippen molar-refractivity contribution in [2.24, 2.45) is 0 Å². The Labute approximate surface area is 115 Å². The first-order chi connectivity index (χ1) is 9.51. The SMILES string of the molecule is CCc1ccc(CC(=O)c2cc(F)c(F)c(F)c2)cc1. The number of hydrogen-bond acceptors (Lipinski definition) is 1. The lowest BCUT2D eigenvalue weighted by Crippen LogP contribution is -2.06. The molecule has 2 aromatic rings. The van der Waals surface area contributed by atoms with E-state index >= 15 is 0 Å². The van der Waals surface area contributed by atoms with E-state index in [9.17, 15) is 18.0 Å². The fraction of sp³-hybridized carbons (Fsp3) is 0.188. The number of halogens is 3. The quantitative estimate of drug-likeness (QED) is 0.608. The summed E-state index contributed by atoms with van der Waals surface area (Å²) in [7, 11) is 0. The molecule has 0 radical (unpaired) electrons. The zero-order chi connectivity index (χ0) is 14.7. The minimum absolute atomic E-state index is 0.0223. The first-order valence-corrected chi connectivity index (χ1v) is 6.26. The summed E-state index contributed by atoms with van der Waals surface area (Å²) in [4.78, 5) is 11.9. The first-order valence-electron chi connectivity index (χ1n) is 6.26. The van der Waals surface area contributed by atoms with Gasteiger partial charge in [0.1, 0.15) is 0 Å². The number of Topliss-reactive ketones (excluding diaryl/α,β-unsaturated/α-hetero) is 1. The van der Waals surface area contributed by atoms with Gasteiger partial charge >= 0.3 is 0 Å². The second-order valence-electron chi connectivity index (χ2n) is 4.52. The van der Waals surface area contributed by atoms with E-state index in [1.807, 2.05) is 19.1 Å². The third-order valence-corrected chi connectivity index (χ3v) is 3.10. The standard InChI is InChI=1S/C16H13F3O/c1-2-10-3-5-11(6-4-10)7-15(20)12-8-13(17)16(19)14(18)9-12/h3-6,8-9H,2,7H2,1H3. The van der Waals surface area contributed by atoms with E-state index in [0.717, 1.165) is 29.7 Å². The highest BCUT2D eigenvalue weighted by Gasteiger charge is 2.15. The van der Waals surface area contributed by atoms with E-state index in [1.54, 1.807) is 12.1 Å². The van der Waals surface area contributed by atoms with Gasteiger partial charge in [-0.2, -0.15) is 0 Å². The van der Waals surface area contributed by atoms with Crippen LogP contribution in [0.3, 0.4) is 0 Å². The van der Waals surface area contributed by atoms with Crippen LogP contribution in [-0.2, 0) is 12.8 Å². The zero-order valence-corrected chi connectivity index (χ0v) is 10.9. The average Bonchev–Trinajstić information content (AvgIpc) is 2.45. The maximum atomic E-state index is 13.1. The van der Waals surface area contributed by atoms with Gasteiger partial charge in [0.2, 0.25) is 0 Å². The monoisotopic (exact) mass is 278 g/mol. The van der Waals surface area contributed by atoms with Crippen molar-refractivity contribution in [2.75, 3.05) is 0 Å². The van der Waals surface area contributed by atoms with Crippen LogP contribution in [0.15, 0.2) is 36.4 Å². The van der Waals surface area contributed by atoms with Crippen LogP contribution < -0.4 is 0 Å². The Hall–Kier alpha value is -2.10. The summed E-state index contributed by atoms with van der Waals surface area (Å²) in [5, 5.41) is 0. The van der Waals surface area contributed by atoms with Crippen LogP contribution in [0.4, 0.5) is 13.2 Å². The summed E-state index contributed by atoms with van der Waals surface area (Å²) in [5.74, 6) is -4.72. The van der Waals surface area contributed by atoms with E-state index in [-0.39, 0.29) is 12.0 Å². The molecule has 0 spiro atoms. The summed E-state index contributed by atoms with van der Waals surface area (Å²) in [6.07, 6.45) is 0.914. The minimum Gasteiger partial charge on any atom is -0.294 e. The average molecular weight is 278 g/mol. The lowest BCUT2D eigenvalue weighted by atomic mass is 10.0. The van der Waals surface area contributed by atoms with Crippen LogP contribution in [0.1, 0.15) is 28.4 Å². The second-order valence-corrected chi connectivity index (χ2v) is 4.52. The molecule has 1 nitrogen and oxygen atoms in total. The Bertz CT molecular complexity index is 610. The van der Waals surface area contributed by atoms with E-state index < -0.39 is 23.2 Å². The molecule has 0 aromatic heterocycles. The van der Waals surface area contributed by atoms with Gasteiger partial charge in [0.15, 0.2) is 23.2 Å². The largest absolute Gasteiger partial charge is 0.294 e. The van der Waals surface area contributed by atoms with Gasteiger partial charge in [-0.3, -0.25) is 4.79 Å². The van der Waals surface area contributed by atoms with Crippen molar-refractivity contribution in [3.63, 3.8) is 0 Å². The summed E-state index contributed by atoms with van der Waals surface area (Å²) >= 11 is 0. The van der Waals surface area contributed by atoms with E-state index in [1.165, 1.54) is 0 Å². The van der Waals surface area contributed by atoms with Crippen molar-refractivity contribution < 1.29 is 18.0 Å². The van der Waals surface area contributed by atoms with Crippen LogP contribution >= 0.6 is 0 Å². The Morgan fingerprint density at radius 3 is 1.95 bits per heavy atom. The van der Waals surface area contributed by atoms with Gasteiger partial charge in [-0.25, -0.2) is 13.2 Å². The molecule has 0 saturated heterocycles. The maximum absolute atomic E-state index is 13.1. The minimum atomic E-state index is -1.56. The normalized spacial score (nSPS) is 10.6. The molecule has 20 heavy (non-hydrogen) atoms. The first kappa shape index (κ1) is 14.3. The number of benzene rings is 2. The summed E-state index contributed by atoms with van der Waals surface area (Å²) in [6, 6.07) is 8.84. The van der Waals surface area contributed by atoms with Gasteiger partial charge in [0, 0.05) is 12.0 Å².